The summed E-state index contributed by atoms with van der Waals surface area (Å²) in [5, 5.41) is 3.70. The molecule has 0 unspecified atom stereocenters. The minimum absolute atomic E-state index is 0.174. The van der Waals surface area contributed by atoms with E-state index >= 15 is 0 Å². The van der Waals surface area contributed by atoms with Crippen LogP contribution in [0.25, 0.3) is 0 Å². The fraction of sp³-hybridized carbons (Fsp3) is 0.280. The van der Waals surface area contributed by atoms with Crippen molar-refractivity contribution in [3.8, 4) is 0 Å². The van der Waals surface area contributed by atoms with E-state index in [-0.39, 0.29) is 11.9 Å². The van der Waals surface area contributed by atoms with Crippen LogP contribution in [0, 0.1) is 0 Å². The van der Waals surface area contributed by atoms with Gasteiger partial charge in [0.05, 0.1) is 17.7 Å². The number of carbonyl (C=O) groups is 2. The van der Waals surface area contributed by atoms with Gasteiger partial charge >= 0.3 is 5.97 Å². The molecule has 0 saturated heterocycles. The predicted molar refractivity (Wildman–Crippen MR) is 127 cm³/mol. The second kappa shape index (κ2) is 10.3. The maximum absolute atomic E-state index is 13.3. The molecule has 1 N–H and O–H groups in total. The Morgan fingerprint density at radius 1 is 1.16 bits per heavy atom. The fourth-order valence-corrected chi connectivity index (χ4v) is 4.97. The van der Waals surface area contributed by atoms with Crippen LogP contribution in [0.1, 0.15) is 62.9 Å². The van der Waals surface area contributed by atoms with Crippen molar-refractivity contribution in [3.63, 3.8) is 0 Å². The summed E-state index contributed by atoms with van der Waals surface area (Å²) in [7, 11) is 0. The van der Waals surface area contributed by atoms with Crippen molar-refractivity contribution >= 4 is 40.1 Å². The summed E-state index contributed by atoms with van der Waals surface area (Å²) in [6, 6.07) is 10.5. The predicted octanol–water partition coefficient (Wildman–Crippen LogP) is 5.59. The Kier molecular flexibility index (Phi) is 7.07. The third-order valence-electron chi connectivity index (χ3n) is 5.30. The number of benzene rings is 1. The maximum atomic E-state index is 13.3. The highest BCUT2D eigenvalue weighted by molar-refractivity contribution is 7.16. The number of ether oxygens (including phenoxy) is 1. The van der Waals surface area contributed by atoms with Crippen LogP contribution in [0.5, 0.6) is 0 Å². The van der Waals surface area contributed by atoms with E-state index in [1.165, 1.54) is 11.3 Å². The molecule has 1 aromatic carbocycles. The third kappa shape index (κ3) is 5.11. The summed E-state index contributed by atoms with van der Waals surface area (Å²) in [5.74, 6) is -0.549. The average Bonchev–Trinajstić information content (AvgIpc) is 3.00. The number of aromatic nitrogens is 1. The molecular weight excluding hydrogens is 422 g/mol. The number of nitrogens with zero attached hydrogens (tertiary/aromatic N) is 2. The van der Waals surface area contributed by atoms with Gasteiger partial charge in [-0.2, -0.15) is 0 Å². The topological polar surface area (TPSA) is 80.6 Å². The number of anilines is 1. The zero-order chi connectivity index (χ0) is 22.3. The van der Waals surface area contributed by atoms with E-state index in [4.69, 9.17) is 4.74 Å². The minimum atomic E-state index is -0.374. The summed E-state index contributed by atoms with van der Waals surface area (Å²) >= 11 is 1.60. The molecule has 0 fully saturated rings. The van der Waals surface area contributed by atoms with Crippen LogP contribution in [0.4, 0.5) is 10.7 Å². The van der Waals surface area contributed by atoms with Crippen LogP contribution in [-0.2, 0) is 17.6 Å². The lowest BCUT2D eigenvalue weighted by atomic mass is 10.0. The summed E-state index contributed by atoms with van der Waals surface area (Å²) in [4.78, 5) is 35.2. The van der Waals surface area contributed by atoms with Crippen molar-refractivity contribution in [1.82, 2.24) is 4.98 Å². The van der Waals surface area contributed by atoms with Gasteiger partial charge < -0.3 is 10.1 Å². The van der Waals surface area contributed by atoms with Crippen LogP contribution in [0.2, 0.25) is 0 Å². The molecule has 7 heteroatoms. The van der Waals surface area contributed by atoms with Crippen molar-refractivity contribution in [2.45, 2.75) is 39.0 Å². The normalized spacial score (nSPS) is 13.4. The Morgan fingerprint density at radius 2 is 1.97 bits per heavy atom. The summed E-state index contributed by atoms with van der Waals surface area (Å²) in [6.45, 7) is 2.09. The highest BCUT2D eigenvalue weighted by Crippen LogP contribution is 2.39. The van der Waals surface area contributed by atoms with Crippen molar-refractivity contribution < 1.29 is 14.3 Å². The second-order valence-electron chi connectivity index (χ2n) is 7.54. The summed E-state index contributed by atoms with van der Waals surface area (Å²) in [6.07, 6.45) is 10.5. The molecule has 2 heterocycles. The van der Waals surface area contributed by atoms with Gasteiger partial charge in [-0.3, -0.25) is 9.78 Å². The van der Waals surface area contributed by atoms with Gasteiger partial charge in [0.15, 0.2) is 0 Å². The number of thiophene rings is 1. The lowest BCUT2D eigenvalue weighted by Crippen LogP contribution is -2.14. The Morgan fingerprint density at radius 3 is 2.72 bits per heavy atom. The van der Waals surface area contributed by atoms with Gasteiger partial charge in [0.1, 0.15) is 5.00 Å². The summed E-state index contributed by atoms with van der Waals surface area (Å²) < 4.78 is 5.02. The largest absolute Gasteiger partial charge is 0.462 e. The van der Waals surface area contributed by atoms with E-state index < -0.39 is 0 Å². The number of nitrogens with one attached hydrogen (secondary N) is 1. The Hall–Kier alpha value is -3.32. The highest BCUT2D eigenvalue weighted by Gasteiger charge is 2.24. The molecule has 0 saturated carbocycles. The number of pyridine rings is 1. The zero-order valence-electron chi connectivity index (χ0n) is 18.0. The molecular formula is C25H25N3O3S. The van der Waals surface area contributed by atoms with E-state index in [2.05, 4.69) is 15.3 Å². The van der Waals surface area contributed by atoms with Gasteiger partial charge in [-0.1, -0.05) is 12.5 Å². The van der Waals surface area contributed by atoms with Crippen molar-refractivity contribution in [2.24, 2.45) is 4.99 Å². The number of carbonyl (C=O) groups excluding carboxylic acids is 2. The van der Waals surface area contributed by atoms with Crippen LogP contribution in [-0.4, -0.2) is 29.7 Å². The van der Waals surface area contributed by atoms with Crippen molar-refractivity contribution in [3.05, 3.63) is 75.9 Å². The quantitative estimate of drug-likeness (QED) is 0.303. The Labute approximate surface area is 191 Å². The number of rotatable bonds is 6. The molecule has 1 amide bonds. The Bertz CT molecular complexity index is 1120. The van der Waals surface area contributed by atoms with Gasteiger partial charge in [0.2, 0.25) is 0 Å². The number of aryl methyl sites for hydroxylation is 1. The first kappa shape index (κ1) is 21.9. The second-order valence-corrected chi connectivity index (χ2v) is 8.62. The van der Waals surface area contributed by atoms with Crippen molar-refractivity contribution in [2.75, 3.05) is 11.9 Å². The molecule has 0 spiro atoms. The fourth-order valence-electron chi connectivity index (χ4n) is 3.74. The number of esters is 1. The molecule has 164 valence electrons. The van der Waals surface area contributed by atoms with Crippen molar-refractivity contribution in [1.29, 1.82) is 0 Å². The maximum Gasteiger partial charge on any atom is 0.338 e. The monoisotopic (exact) mass is 447 g/mol. The molecule has 1 aliphatic carbocycles. The standard InChI is InChI=1S/C25H25N3O3S/c1-2-31-25(30)18-10-12-19(13-11-18)28-23(29)22-20-8-4-3-5-9-21(20)32-24(22)27-16-17-7-6-14-26-15-17/h6-7,10-16H,2-5,8-9H2,1H3,(H,28,29)/b27-16-. The highest BCUT2D eigenvalue weighted by atomic mass is 32.1. The lowest BCUT2D eigenvalue weighted by molar-refractivity contribution is 0.0526. The summed E-state index contributed by atoms with van der Waals surface area (Å²) in [5.41, 5.74) is 3.74. The number of fused-ring (bicyclic) bond motifs is 1. The SMILES string of the molecule is CCOC(=O)c1ccc(NC(=O)c2c(/N=C\c3cccnc3)sc3c2CCCCC3)cc1. The number of amides is 1. The molecule has 0 bridgehead atoms. The first-order valence-corrected chi connectivity index (χ1v) is 11.6. The molecule has 4 rings (SSSR count). The smallest absolute Gasteiger partial charge is 0.338 e. The first-order chi connectivity index (χ1) is 15.7. The molecule has 3 aromatic rings. The van der Waals surface area contributed by atoms with E-state index in [9.17, 15) is 9.59 Å². The first-order valence-electron chi connectivity index (χ1n) is 10.8. The molecule has 2 aromatic heterocycles. The zero-order valence-corrected chi connectivity index (χ0v) is 18.8. The van der Waals surface area contributed by atoms with Crippen LogP contribution in [0.3, 0.4) is 0 Å². The molecule has 32 heavy (non-hydrogen) atoms. The van der Waals surface area contributed by atoms with E-state index in [1.807, 2.05) is 12.1 Å². The number of hydrogen-bond acceptors (Lipinski definition) is 6. The Balaban J connectivity index is 1.61. The minimum Gasteiger partial charge on any atom is -0.462 e. The molecule has 1 aliphatic rings. The van der Waals surface area contributed by atoms with Crippen LogP contribution >= 0.6 is 11.3 Å². The average molecular weight is 448 g/mol. The molecule has 0 radical (unpaired) electrons. The van der Waals surface area contributed by atoms with Gasteiger partial charge in [-0.25, -0.2) is 9.79 Å². The molecule has 0 aliphatic heterocycles. The van der Waals surface area contributed by atoms with Crippen LogP contribution < -0.4 is 5.32 Å². The molecule has 0 atom stereocenters. The van der Waals surface area contributed by atoms with Gasteiger partial charge in [-0.05, 0) is 68.5 Å². The number of aliphatic imine (C=N–C) groups is 1. The third-order valence-corrected chi connectivity index (χ3v) is 6.50. The van der Waals surface area contributed by atoms with Gasteiger partial charge in [0, 0.05) is 34.7 Å². The van der Waals surface area contributed by atoms with E-state index in [0.29, 0.717) is 23.4 Å². The lowest BCUT2D eigenvalue weighted by Gasteiger charge is -2.09. The van der Waals surface area contributed by atoms with E-state index in [0.717, 1.165) is 41.8 Å². The van der Waals surface area contributed by atoms with Gasteiger partial charge in [0.25, 0.3) is 5.91 Å². The van der Waals surface area contributed by atoms with Gasteiger partial charge in [-0.15, -0.1) is 11.3 Å². The molecule has 6 nitrogen and oxygen atoms in total. The number of hydrogen-bond donors (Lipinski definition) is 1. The van der Waals surface area contributed by atoms with E-state index in [1.54, 1.807) is 61.1 Å². The van der Waals surface area contributed by atoms with Crippen LogP contribution in [0.15, 0.2) is 53.8 Å².